The topological polar surface area (TPSA) is 78.9 Å². The van der Waals surface area contributed by atoms with Crippen molar-refractivity contribution in [3.8, 4) is 0 Å². The van der Waals surface area contributed by atoms with Gasteiger partial charge in [-0.3, -0.25) is 9.69 Å². The summed E-state index contributed by atoms with van der Waals surface area (Å²) in [5.41, 5.74) is 0.933. The predicted octanol–water partition coefficient (Wildman–Crippen LogP) is 2.07. The number of carbonyl (C=O) groups is 2. The Balaban J connectivity index is 2.17. The van der Waals surface area contributed by atoms with Gasteiger partial charge in [0.2, 0.25) is 0 Å². The fraction of sp³-hybridized carbons (Fsp3) is 0.500. The Morgan fingerprint density at radius 3 is 2.92 bits per heavy atom. The van der Waals surface area contributed by atoms with E-state index in [0.717, 1.165) is 6.42 Å². The lowest BCUT2D eigenvalue weighted by Crippen LogP contribution is -2.35. The molecule has 0 spiro atoms. The SMILES string of the molecule is CCC(CC[SH+]O)c1ccc(N2C[C@H](C(=O)NC)OC2=O)cc1F. The second kappa shape index (κ2) is 8.34. The number of cyclic esters (lactones) is 1. The molecule has 2 amide bonds. The van der Waals surface area contributed by atoms with E-state index in [4.69, 9.17) is 9.29 Å². The zero-order valence-corrected chi connectivity index (χ0v) is 14.6. The van der Waals surface area contributed by atoms with Crippen LogP contribution >= 0.6 is 0 Å². The molecular weight excluding hydrogens is 335 g/mol. The van der Waals surface area contributed by atoms with Gasteiger partial charge in [-0.1, -0.05) is 13.0 Å². The summed E-state index contributed by atoms with van der Waals surface area (Å²) in [6.07, 6.45) is -0.106. The van der Waals surface area contributed by atoms with Crippen molar-refractivity contribution in [2.75, 3.05) is 24.2 Å². The average molecular weight is 357 g/mol. The maximum Gasteiger partial charge on any atom is 0.415 e. The van der Waals surface area contributed by atoms with Crippen LogP contribution in [0.2, 0.25) is 0 Å². The van der Waals surface area contributed by atoms with Crippen LogP contribution in [0.5, 0.6) is 0 Å². The van der Waals surface area contributed by atoms with E-state index in [9.17, 15) is 14.0 Å². The van der Waals surface area contributed by atoms with Crippen LogP contribution in [0, 0.1) is 5.82 Å². The number of likely N-dealkylation sites (N-methyl/N-ethyl adjacent to an activating group) is 1. The number of nitrogens with zero attached hydrogens (tertiary/aromatic N) is 1. The van der Waals surface area contributed by atoms with Gasteiger partial charge in [0.1, 0.15) is 23.6 Å². The van der Waals surface area contributed by atoms with Crippen LogP contribution in [0.15, 0.2) is 18.2 Å². The van der Waals surface area contributed by atoms with Crippen LogP contribution in [-0.2, 0) is 21.6 Å². The average Bonchev–Trinajstić information content (AvgIpc) is 2.97. The van der Waals surface area contributed by atoms with Gasteiger partial charge in [0.25, 0.3) is 5.91 Å². The first kappa shape index (κ1) is 18.5. The van der Waals surface area contributed by atoms with Gasteiger partial charge in [0.05, 0.1) is 12.2 Å². The number of anilines is 1. The highest BCUT2D eigenvalue weighted by molar-refractivity contribution is 7.72. The van der Waals surface area contributed by atoms with Crippen molar-refractivity contribution in [2.24, 2.45) is 0 Å². The van der Waals surface area contributed by atoms with Gasteiger partial charge in [0, 0.05) is 13.5 Å². The minimum atomic E-state index is -0.891. The quantitative estimate of drug-likeness (QED) is 0.578. The molecule has 0 radical (unpaired) electrons. The van der Waals surface area contributed by atoms with Crippen molar-refractivity contribution in [1.82, 2.24) is 5.32 Å². The number of carbonyl (C=O) groups excluding carboxylic acids is 2. The van der Waals surface area contributed by atoms with E-state index in [1.165, 1.54) is 18.0 Å². The first-order chi connectivity index (χ1) is 11.5. The van der Waals surface area contributed by atoms with Crippen LogP contribution in [0.25, 0.3) is 0 Å². The number of hydrogen-bond donors (Lipinski definition) is 2. The molecule has 2 atom stereocenters. The van der Waals surface area contributed by atoms with E-state index >= 15 is 0 Å². The van der Waals surface area contributed by atoms with Gasteiger partial charge in [-0.15, -0.1) is 0 Å². The van der Waals surface area contributed by atoms with Crippen molar-refractivity contribution in [3.05, 3.63) is 29.6 Å². The molecule has 8 heteroatoms. The second-order valence-electron chi connectivity index (χ2n) is 5.56. The van der Waals surface area contributed by atoms with Crippen LogP contribution in [0.4, 0.5) is 14.9 Å². The number of thiol groups is 1. The predicted molar refractivity (Wildman–Crippen MR) is 92.0 cm³/mol. The van der Waals surface area contributed by atoms with Crippen molar-refractivity contribution in [2.45, 2.75) is 31.8 Å². The maximum atomic E-state index is 14.5. The zero-order valence-electron chi connectivity index (χ0n) is 13.7. The molecule has 0 aromatic heterocycles. The molecule has 6 nitrogen and oxygen atoms in total. The number of rotatable bonds is 7. The van der Waals surface area contributed by atoms with Crippen molar-refractivity contribution < 1.29 is 23.3 Å². The second-order valence-corrected chi connectivity index (χ2v) is 6.29. The molecule has 1 fully saturated rings. The Labute approximate surface area is 144 Å². The lowest BCUT2D eigenvalue weighted by molar-refractivity contribution is -0.127. The third-order valence-corrected chi connectivity index (χ3v) is 4.61. The maximum absolute atomic E-state index is 14.5. The summed E-state index contributed by atoms with van der Waals surface area (Å²) in [4.78, 5) is 24.7. The molecule has 1 aromatic rings. The highest BCUT2D eigenvalue weighted by atomic mass is 32.2. The Kier molecular flexibility index (Phi) is 6.44. The molecule has 1 aromatic carbocycles. The first-order valence-corrected chi connectivity index (χ1v) is 8.85. The highest BCUT2D eigenvalue weighted by Gasteiger charge is 2.36. The summed E-state index contributed by atoms with van der Waals surface area (Å²) >= 11 is 0.302. The summed E-state index contributed by atoms with van der Waals surface area (Å²) in [5.74, 6) is -0.184. The minimum absolute atomic E-state index is 0.0165. The van der Waals surface area contributed by atoms with E-state index < -0.39 is 23.9 Å². The molecule has 1 aliphatic rings. The molecule has 132 valence electrons. The smallest absolute Gasteiger partial charge is 0.415 e. The molecule has 0 aliphatic carbocycles. The number of nitrogens with one attached hydrogen (secondary N) is 1. The first-order valence-electron chi connectivity index (χ1n) is 7.81. The summed E-state index contributed by atoms with van der Waals surface area (Å²) in [6.45, 7) is 2.02. The molecular formula is C16H22FN2O4S+. The summed E-state index contributed by atoms with van der Waals surface area (Å²) in [6, 6.07) is 4.61. The Bertz CT molecular complexity index is 614. The number of benzene rings is 1. The molecule has 0 bridgehead atoms. The molecule has 1 aliphatic heterocycles. The van der Waals surface area contributed by atoms with E-state index in [2.05, 4.69) is 5.32 Å². The molecule has 1 heterocycles. The number of amides is 2. The fourth-order valence-corrected chi connectivity index (χ4v) is 3.21. The van der Waals surface area contributed by atoms with Gasteiger partial charge in [-0.2, -0.15) is 4.55 Å². The molecule has 0 saturated carbocycles. The van der Waals surface area contributed by atoms with Gasteiger partial charge in [-0.25, -0.2) is 9.18 Å². The van der Waals surface area contributed by atoms with E-state index in [-0.39, 0.29) is 12.5 Å². The van der Waals surface area contributed by atoms with Gasteiger partial charge in [0.15, 0.2) is 6.10 Å². The van der Waals surface area contributed by atoms with E-state index in [0.29, 0.717) is 35.5 Å². The molecule has 2 N–H and O–H groups in total. The fourth-order valence-electron chi connectivity index (χ4n) is 2.78. The number of halogens is 1. The van der Waals surface area contributed by atoms with Crippen LogP contribution in [0.3, 0.4) is 0 Å². The van der Waals surface area contributed by atoms with Crippen LogP contribution < -0.4 is 10.2 Å². The Morgan fingerprint density at radius 1 is 1.58 bits per heavy atom. The van der Waals surface area contributed by atoms with Gasteiger partial charge in [-0.05, 0) is 30.0 Å². The van der Waals surface area contributed by atoms with Crippen LogP contribution in [0.1, 0.15) is 31.2 Å². The zero-order chi connectivity index (χ0) is 17.7. The summed E-state index contributed by atoms with van der Waals surface area (Å²) in [5, 5.41) is 2.42. The lowest BCUT2D eigenvalue weighted by Gasteiger charge is -2.17. The number of hydrogen-bond acceptors (Lipinski definition) is 4. The molecule has 1 saturated heterocycles. The summed E-state index contributed by atoms with van der Waals surface area (Å²) < 4.78 is 28.4. The molecule has 1 unspecified atom stereocenters. The molecule has 24 heavy (non-hydrogen) atoms. The third-order valence-electron chi connectivity index (χ3n) is 4.16. The van der Waals surface area contributed by atoms with Crippen molar-refractivity contribution in [3.63, 3.8) is 0 Å². The van der Waals surface area contributed by atoms with Crippen LogP contribution in [-0.4, -0.2) is 42.0 Å². The molecule has 2 rings (SSSR count). The normalized spacial score (nSPS) is 18.4. The Morgan fingerprint density at radius 2 is 2.33 bits per heavy atom. The standard InChI is InChI=1S/C16H21FN2O4S/c1-3-10(6-7-24-22)12-5-4-11(8-13(12)17)19-9-14(15(20)18-2)23-16(19)21/h4-5,8,10,14,22H,3,6-7,9H2,1-2H3,(H,18,20)/p+1/t10?,14-/m1/s1. The van der Waals surface area contributed by atoms with Gasteiger partial charge >= 0.3 is 6.09 Å². The Hall–Kier alpha value is -1.80. The van der Waals surface area contributed by atoms with Crippen molar-refractivity contribution >= 4 is 29.7 Å². The largest absolute Gasteiger partial charge is 0.434 e. The number of ether oxygens (including phenoxy) is 1. The van der Waals surface area contributed by atoms with Gasteiger partial charge < -0.3 is 10.1 Å². The highest BCUT2D eigenvalue weighted by Crippen LogP contribution is 2.30. The monoisotopic (exact) mass is 357 g/mol. The minimum Gasteiger partial charge on any atom is -0.434 e. The third kappa shape index (κ3) is 3.99. The summed E-state index contributed by atoms with van der Waals surface area (Å²) in [7, 11) is 1.46. The lowest BCUT2D eigenvalue weighted by atomic mass is 9.93. The van der Waals surface area contributed by atoms with Crippen molar-refractivity contribution in [1.29, 1.82) is 0 Å². The van der Waals surface area contributed by atoms with E-state index in [1.807, 2.05) is 6.92 Å². The van der Waals surface area contributed by atoms with E-state index in [1.54, 1.807) is 12.1 Å².